The number of hydrogen-bond donors (Lipinski definition) is 2. The molecule has 5 fully saturated rings. The molecule has 10 rings (SSSR count). The number of hydrogen-bond acceptors (Lipinski definition) is 9. The fraction of sp³-hybridized carbons (Fsp3) is 0.378. The predicted molar refractivity (Wildman–Crippen MR) is 198 cm³/mol. The number of amides is 1. The standard InChI is InChI=1S/C37H35Cl2N5O4S2/c1-37(12-13-37)50(46,47)43-35(45)26-18-31-30(17-25(26)20-6-3-2-4-7-20)41-36(49-31)44-23-14-22(15-24(44)16-23)40-19-27-33(42-48-34(27)21-10-11-21)32-28(38)8-5-9-29(32)39/h2-9,17-18,21-24,40H,10-16,19H2,1H3,(H,43,45). The highest BCUT2D eigenvalue weighted by Crippen LogP contribution is 2.48. The Labute approximate surface area is 304 Å². The molecular weight excluding hydrogens is 713 g/mol. The Hall–Kier alpha value is -3.48. The van der Waals surface area contributed by atoms with Gasteiger partial charge >= 0.3 is 0 Å². The maximum absolute atomic E-state index is 13.6. The van der Waals surface area contributed by atoms with Crippen molar-refractivity contribution in [1.29, 1.82) is 0 Å². The number of carbonyl (C=O) groups excluding carboxylic acids is 1. The molecule has 5 aromatic rings. The molecule has 2 aliphatic heterocycles. The van der Waals surface area contributed by atoms with Crippen molar-refractivity contribution < 1.29 is 17.7 Å². The molecule has 0 spiro atoms. The number of sulfonamides is 1. The summed E-state index contributed by atoms with van der Waals surface area (Å²) >= 11 is 14.7. The molecule has 50 heavy (non-hydrogen) atoms. The van der Waals surface area contributed by atoms with Gasteiger partial charge in [0.25, 0.3) is 5.91 Å². The Morgan fingerprint density at radius 3 is 2.42 bits per heavy atom. The lowest BCUT2D eigenvalue weighted by Gasteiger charge is -2.55. The molecule has 13 heteroatoms. The van der Waals surface area contributed by atoms with E-state index in [2.05, 4.69) is 20.1 Å². The molecule has 2 unspecified atom stereocenters. The highest BCUT2D eigenvalue weighted by molar-refractivity contribution is 7.91. The van der Waals surface area contributed by atoms with Crippen LogP contribution in [0.15, 0.2) is 65.2 Å². The topological polar surface area (TPSA) is 117 Å². The average molecular weight is 749 g/mol. The van der Waals surface area contributed by atoms with Crippen molar-refractivity contribution in [1.82, 2.24) is 20.2 Å². The molecule has 3 saturated carbocycles. The van der Waals surface area contributed by atoms with E-state index in [9.17, 15) is 13.2 Å². The van der Waals surface area contributed by atoms with Crippen molar-refractivity contribution in [2.24, 2.45) is 0 Å². The molecule has 2 atom stereocenters. The first kappa shape index (κ1) is 32.4. The largest absolute Gasteiger partial charge is 0.360 e. The molecule has 1 amide bonds. The van der Waals surface area contributed by atoms with Crippen LogP contribution in [0, 0.1) is 0 Å². The number of anilines is 1. The number of thiazole rings is 1. The summed E-state index contributed by atoms with van der Waals surface area (Å²) in [5, 5.41) is 10.3. The van der Waals surface area contributed by atoms with E-state index in [4.69, 9.17) is 32.7 Å². The number of fused-ring (bicyclic) bond motifs is 3. The molecule has 2 aromatic heterocycles. The van der Waals surface area contributed by atoms with Crippen LogP contribution >= 0.6 is 34.5 Å². The van der Waals surface area contributed by atoms with Crippen LogP contribution < -0.4 is 14.9 Å². The summed E-state index contributed by atoms with van der Waals surface area (Å²) < 4.78 is 34.2. The van der Waals surface area contributed by atoms with Gasteiger partial charge in [0.2, 0.25) is 10.0 Å². The highest BCUT2D eigenvalue weighted by Gasteiger charge is 2.51. The van der Waals surface area contributed by atoms with Gasteiger partial charge in [-0.25, -0.2) is 18.1 Å². The minimum Gasteiger partial charge on any atom is -0.360 e. The van der Waals surface area contributed by atoms with Gasteiger partial charge in [-0.1, -0.05) is 76.1 Å². The molecule has 3 aromatic carbocycles. The van der Waals surface area contributed by atoms with Gasteiger partial charge in [0.1, 0.15) is 11.5 Å². The first-order valence-corrected chi connectivity index (χ1v) is 20.2. The smallest absolute Gasteiger partial charge is 0.265 e. The third kappa shape index (κ3) is 5.62. The minimum atomic E-state index is -3.79. The number of halogens is 2. The van der Waals surface area contributed by atoms with Gasteiger partial charge in [0.05, 0.1) is 25.0 Å². The number of carbonyl (C=O) groups is 1. The van der Waals surface area contributed by atoms with Crippen LogP contribution in [0.5, 0.6) is 0 Å². The predicted octanol–water partition coefficient (Wildman–Crippen LogP) is 8.31. The second-order valence-electron chi connectivity index (χ2n) is 14.4. The SMILES string of the molecule is CC1(S(=O)(=O)NC(=O)c2cc3sc(N4C5CC(NCc6c(-c7c(Cl)cccc7Cl)noc6C6CC6)CC4C5)nc3cc2-c2ccccc2)CC1. The maximum atomic E-state index is 13.6. The number of nitrogens with one attached hydrogen (secondary N) is 2. The van der Waals surface area contributed by atoms with Crippen LogP contribution in [0.25, 0.3) is 32.6 Å². The molecular formula is C37H35Cl2N5O4S2. The van der Waals surface area contributed by atoms with Gasteiger partial charge in [-0.3, -0.25) is 4.79 Å². The lowest BCUT2D eigenvalue weighted by molar-refractivity contribution is 0.0981. The minimum absolute atomic E-state index is 0.316. The van der Waals surface area contributed by atoms with Crippen LogP contribution in [0.4, 0.5) is 5.13 Å². The van der Waals surface area contributed by atoms with Crippen molar-refractivity contribution in [3.8, 4) is 22.4 Å². The number of rotatable bonds is 10. The zero-order valence-corrected chi connectivity index (χ0v) is 30.4. The Kier molecular flexibility index (Phi) is 7.82. The Morgan fingerprint density at radius 2 is 1.74 bits per heavy atom. The van der Waals surface area contributed by atoms with Gasteiger partial charge in [-0.2, -0.15) is 0 Å². The number of aromatic nitrogens is 2. The maximum Gasteiger partial charge on any atom is 0.265 e. The quantitative estimate of drug-likeness (QED) is 0.147. The molecule has 2 bridgehead atoms. The van der Waals surface area contributed by atoms with E-state index in [-0.39, 0.29) is 0 Å². The van der Waals surface area contributed by atoms with Gasteiger partial charge < -0.3 is 14.7 Å². The van der Waals surface area contributed by atoms with Gasteiger partial charge in [0, 0.05) is 47.3 Å². The summed E-state index contributed by atoms with van der Waals surface area (Å²) in [5.74, 6) is 0.715. The van der Waals surface area contributed by atoms with Crippen LogP contribution in [0.3, 0.4) is 0 Å². The van der Waals surface area contributed by atoms with Gasteiger partial charge in [0.15, 0.2) is 5.13 Å². The van der Waals surface area contributed by atoms with E-state index < -0.39 is 20.7 Å². The van der Waals surface area contributed by atoms with Crippen LogP contribution in [-0.2, 0) is 16.6 Å². The Bertz CT molecular complexity index is 2230. The van der Waals surface area contributed by atoms with Crippen molar-refractivity contribution in [3.63, 3.8) is 0 Å². The number of nitrogens with zero attached hydrogens (tertiary/aromatic N) is 3. The molecule has 5 aliphatic rings. The zero-order chi connectivity index (χ0) is 34.4. The van der Waals surface area contributed by atoms with Crippen molar-refractivity contribution in [3.05, 3.63) is 87.6 Å². The fourth-order valence-electron chi connectivity index (χ4n) is 7.54. The molecule has 2 N–H and O–H groups in total. The van der Waals surface area contributed by atoms with Crippen LogP contribution in [0.1, 0.15) is 79.5 Å². The molecule has 2 saturated heterocycles. The van der Waals surface area contributed by atoms with E-state index in [0.29, 0.717) is 75.9 Å². The first-order valence-electron chi connectivity index (χ1n) is 17.1. The zero-order valence-electron chi connectivity index (χ0n) is 27.3. The van der Waals surface area contributed by atoms with Crippen molar-refractivity contribution in [2.45, 2.75) is 87.2 Å². The van der Waals surface area contributed by atoms with E-state index in [0.717, 1.165) is 64.3 Å². The third-order valence-electron chi connectivity index (χ3n) is 10.9. The lowest BCUT2D eigenvalue weighted by atomic mass is 9.77. The summed E-state index contributed by atoms with van der Waals surface area (Å²) in [5.41, 5.74) is 5.09. The van der Waals surface area contributed by atoms with Crippen LogP contribution in [0.2, 0.25) is 10.0 Å². The van der Waals surface area contributed by atoms with E-state index in [1.165, 1.54) is 0 Å². The third-order valence-corrected chi connectivity index (χ3v) is 14.7. The van der Waals surface area contributed by atoms with E-state index >= 15 is 0 Å². The second-order valence-corrected chi connectivity index (χ2v) is 18.4. The molecule has 0 radical (unpaired) electrons. The van der Waals surface area contributed by atoms with Gasteiger partial charge in [-0.15, -0.1) is 0 Å². The first-order chi connectivity index (χ1) is 24.1. The Morgan fingerprint density at radius 1 is 1.02 bits per heavy atom. The molecule has 258 valence electrons. The number of benzene rings is 3. The van der Waals surface area contributed by atoms with Crippen LogP contribution in [-0.4, -0.2) is 47.3 Å². The second kappa shape index (κ2) is 12.1. The summed E-state index contributed by atoms with van der Waals surface area (Å²) in [6.45, 7) is 2.30. The highest BCUT2D eigenvalue weighted by atomic mass is 35.5. The lowest BCUT2D eigenvalue weighted by Crippen LogP contribution is -2.64. The Balaban J connectivity index is 0.949. The van der Waals surface area contributed by atoms with E-state index in [1.807, 2.05) is 54.6 Å². The summed E-state index contributed by atoms with van der Waals surface area (Å²) in [6.07, 6.45) is 6.34. The van der Waals surface area contributed by atoms with Gasteiger partial charge in [-0.05, 0) is 87.3 Å². The summed E-state index contributed by atoms with van der Waals surface area (Å²) in [6, 6.07) is 19.8. The van der Waals surface area contributed by atoms with Crippen molar-refractivity contribution in [2.75, 3.05) is 4.90 Å². The normalized spacial score (nSPS) is 22.4. The number of piperidine rings is 1. The fourth-order valence-corrected chi connectivity index (χ4v) is 10.5. The van der Waals surface area contributed by atoms with E-state index in [1.54, 1.807) is 24.3 Å². The average Bonchev–Trinajstić information content (AvgIpc) is 4.01. The molecule has 9 nitrogen and oxygen atoms in total. The summed E-state index contributed by atoms with van der Waals surface area (Å²) in [4.78, 5) is 21.1. The van der Waals surface area contributed by atoms with Crippen molar-refractivity contribution >= 4 is 65.8 Å². The summed E-state index contributed by atoms with van der Waals surface area (Å²) in [7, 11) is -3.79. The monoisotopic (exact) mass is 747 g/mol. The molecule has 4 heterocycles. The molecule has 3 aliphatic carbocycles.